The number of rotatable bonds is 5. The lowest BCUT2D eigenvalue weighted by atomic mass is 10.1. The van der Waals surface area contributed by atoms with Gasteiger partial charge in [0.1, 0.15) is 6.61 Å². The Morgan fingerprint density at radius 2 is 1.69 bits per heavy atom. The molecule has 0 saturated heterocycles. The fraction of sp³-hybridized carbons (Fsp3) is 0.182. The van der Waals surface area contributed by atoms with Crippen LogP contribution in [0.2, 0.25) is 0 Å². The Labute approximate surface area is 168 Å². The van der Waals surface area contributed by atoms with Crippen LogP contribution in [0, 0.1) is 13.8 Å². The zero-order valence-electron chi connectivity index (χ0n) is 16.5. The van der Waals surface area contributed by atoms with Crippen LogP contribution in [0.15, 0.2) is 65.5 Å². The third kappa shape index (κ3) is 3.80. The molecule has 0 radical (unpaired) electrons. The van der Waals surface area contributed by atoms with Gasteiger partial charge in [0.2, 0.25) is 5.88 Å². The molecule has 7 nitrogen and oxygen atoms in total. The molecule has 0 aliphatic heterocycles. The van der Waals surface area contributed by atoms with Crippen LogP contribution in [0.1, 0.15) is 16.7 Å². The number of hydrogen-bond acceptors (Lipinski definition) is 5. The molecule has 2 aromatic heterocycles. The minimum atomic E-state index is -0.309. The van der Waals surface area contributed by atoms with Gasteiger partial charge in [0.15, 0.2) is 0 Å². The monoisotopic (exact) mass is 387 g/mol. The van der Waals surface area contributed by atoms with Crippen LogP contribution in [-0.2, 0) is 13.7 Å². The fourth-order valence-corrected chi connectivity index (χ4v) is 3.06. The summed E-state index contributed by atoms with van der Waals surface area (Å²) in [6.45, 7) is 4.29. The third-order valence-electron chi connectivity index (χ3n) is 4.77. The summed E-state index contributed by atoms with van der Waals surface area (Å²) in [4.78, 5) is 16.9. The molecule has 0 bridgehead atoms. The first kappa shape index (κ1) is 18.6. The third-order valence-corrected chi connectivity index (χ3v) is 4.77. The molecule has 2 heterocycles. The molecule has 0 atom stereocenters. The van der Waals surface area contributed by atoms with Gasteiger partial charge in [-0.1, -0.05) is 48.0 Å². The quantitative estimate of drug-likeness (QED) is 0.526. The van der Waals surface area contributed by atoms with Gasteiger partial charge in [0.05, 0.1) is 11.4 Å². The molecule has 0 saturated carbocycles. The summed E-state index contributed by atoms with van der Waals surface area (Å²) in [5.41, 5.74) is 5.27. The van der Waals surface area contributed by atoms with E-state index in [2.05, 4.69) is 34.5 Å². The second-order valence-electron chi connectivity index (χ2n) is 6.89. The molecule has 0 fully saturated rings. The van der Waals surface area contributed by atoms with E-state index in [0.717, 1.165) is 22.4 Å². The smallest absolute Gasteiger partial charge is 0.368 e. The van der Waals surface area contributed by atoms with Crippen molar-refractivity contribution in [1.82, 2.24) is 24.8 Å². The first-order valence-corrected chi connectivity index (χ1v) is 9.28. The summed E-state index contributed by atoms with van der Waals surface area (Å²) in [5, 5.41) is 7.75. The van der Waals surface area contributed by atoms with Crippen molar-refractivity contribution in [2.75, 3.05) is 0 Å². The average Bonchev–Trinajstić information content (AvgIpc) is 3.06. The molecule has 146 valence electrons. The predicted octanol–water partition coefficient (Wildman–Crippen LogP) is 3.22. The summed E-state index contributed by atoms with van der Waals surface area (Å²) < 4.78 is 8.46. The highest BCUT2D eigenvalue weighted by atomic mass is 16.5. The zero-order valence-corrected chi connectivity index (χ0v) is 16.5. The molecule has 2 aromatic carbocycles. The fourth-order valence-electron chi connectivity index (χ4n) is 3.06. The van der Waals surface area contributed by atoms with Gasteiger partial charge in [-0.3, -0.25) is 0 Å². The lowest BCUT2D eigenvalue weighted by Gasteiger charge is -2.13. The van der Waals surface area contributed by atoms with Gasteiger partial charge in [-0.05, 0) is 42.0 Å². The van der Waals surface area contributed by atoms with Gasteiger partial charge in [-0.2, -0.15) is 9.36 Å². The van der Waals surface area contributed by atoms with E-state index in [0.29, 0.717) is 11.6 Å². The predicted molar refractivity (Wildman–Crippen MR) is 110 cm³/mol. The molecule has 7 heteroatoms. The van der Waals surface area contributed by atoms with Crippen molar-refractivity contribution in [3.63, 3.8) is 0 Å². The lowest BCUT2D eigenvalue weighted by Crippen LogP contribution is -2.23. The Morgan fingerprint density at radius 1 is 0.931 bits per heavy atom. The highest BCUT2D eigenvalue weighted by molar-refractivity contribution is 5.59. The highest BCUT2D eigenvalue weighted by Crippen LogP contribution is 2.22. The molecular formula is C22H21N5O2. The number of aromatic nitrogens is 5. The minimum absolute atomic E-state index is 0.259. The Hall–Kier alpha value is -3.74. The van der Waals surface area contributed by atoms with Crippen molar-refractivity contribution >= 4 is 0 Å². The van der Waals surface area contributed by atoms with Crippen LogP contribution in [-0.4, -0.2) is 24.8 Å². The number of aryl methyl sites for hydroxylation is 3. The maximum atomic E-state index is 12.3. The van der Waals surface area contributed by atoms with Crippen molar-refractivity contribution in [3.8, 4) is 22.8 Å². The molecule has 0 aliphatic rings. The number of tetrazole rings is 1. The first-order chi connectivity index (χ1) is 14.0. The largest absolute Gasteiger partial charge is 0.473 e. The first-order valence-electron chi connectivity index (χ1n) is 9.28. The van der Waals surface area contributed by atoms with Gasteiger partial charge in [0, 0.05) is 24.2 Å². The van der Waals surface area contributed by atoms with E-state index in [1.807, 2.05) is 55.5 Å². The SMILES string of the molecule is Cc1ccc(-c2cccc(OCc3c(C)cccc3-n3nnn(C)c3=O)n2)cc1. The van der Waals surface area contributed by atoms with Crippen LogP contribution in [0.5, 0.6) is 5.88 Å². The topological polar surface area (TPSA) is 74.8 Å². The van der Waals surface area contributed by atoms with Crippen LogP contribution in [0.25, 0.3) is 16.9 Å². The van der Waals surface area contributed by atoms with Crippen molar-refractivity contribution in [1.29, 1.82) is 0 Å². The lowest BCUT2D eigenvalue weighted by molar-refractivity contribution is 0.293. The number of benzene rings is 2. The summed E-state index contributed by atoms with van der Waals surface area (Å²) >= 11 is 0. The second-order valence-corrected chi connectivity index (χ2v) is 6.89. The number of hydrogen-bond donors (Lipinski definition) is 0. The van der Waals surface area contributed by atoms with E-state index in [4.69, 9.17) is 4.74 Å². The molecule has 0 amide bonds. The highest BCUT2D eigenvalue weighted by Gasteiger charge is 2.14. The Balaban J connectivity index is 1.62. The summed E-state index contributed by atoms with van der Waals surface area (Å²) in [6.07, 6.45) is 0. The van der Waals surface area contributed by atoms with Crippen molar-refractivity contribution in [2.24, 2.45) is 7.05 Å². The summed E-state index contributed by atoms with van der Waals surface area (Å²) in [7, 11) is 1.57. The molecule has 0 N–H and O–H groups in total. The van der Waals surface area contributed by atoms with Gasteiger partial charge < -0.3 is 4.74 Å². The van der Waals surface area contributed by atoms with Crippen LogP contribution in [0.4, 0.5) is 0 Å². The zero-order chi connectivity index (χ0) is 20.4. The van der Waals surface area contributed by atoms with Crippen molar-refractivity contribution < 1.29 is 4.74 Å². The summed E-state index contributed by atoms with van der Waals surface area (Å²) in [6, 6.07) is 19.6. The van der Waals surface area contributed by atoms with Gasteiger partial charge in [0.25, 0.3) is 0 Å². The van der Waals surface area contributed by atoms with Gasteiger partial charge in [-0.25, -0.2) is 9.78 Å². The molecule has 0 spiro atoms. The van der Waals surface area contributed by atoms with E-state index in [1.165, 1.54) is 14.9 Å². The minimum Gasteiger partial charge on any atom is -0.473 e. The average molecular weight is 387 g/mol. The molecule has 29 heavy (non-hydrogen) atoms. The number of ether oxygens (including phenoxy) is 1. The Kier molecular flexibility index (Phi) is 4.95. The molecule has 4 rings (SSSR count). The van der Waals surface area contributed by atoms with E-state index in [9.17, 15) is 4.79 Å². The normalized spacial score (nSPS) is 10.9. The molecular weight excluding hydrogens is 366 g/mol. The summed E-state index contributed by atoms with van der Waals surface area (Å²) in [5.74, 6) is 0.517. The maximum Gasteiger partial charge on any atom is 0.368 e. The van der Waals surface area contributed by atoms with Crippen LogP contribution < -0.4 is 10.4 Å². The van der Waals surface area contributed by atoms with Crippen LogP contribution >= 0.6 is 0 Å². The van der Waals surface area contributed by atoms with Crippen molar-refractivity contribution in [2.45, 2.75) is 20.5 Å². The van der Waals surface area contributed by atoms with E-state index >= 15 is 0 Å². The van der Waals surface area contributed by atoms with E-state index in [1.54, 1.807) is 7.05 Å². The van der Waals surface area contributed by atoms with Gasteiger partial charge >= 0.3 is 5.69 Å². The molecule has 0 aliphatic carbocycles. The van der Waals surface area contributed by atoms with Crippen LogP contribution in [0.3, 0.4) is 0 Å². The van der Waals surface area contributed by atoms with E-state index in [-0.39, 0.29) is 12.3 Å². The van der Waals surface area contributed by atoms with Crippen molar-refractivity contribution in [3.05, 3.63) is 87.8 Å². The standard InChI is InChI=1S/C22H21N5O2/c1-15-10-12-17(13-11-15)19-7-5-9-21(23-19)29-14-18-16(2)6-4-8-20(18)27-22(28)26(3)24-25-27/h4-13H,14H2,1-3H3. The Bertz CT molecular complexity index is 1210. The van der Waals surface area contributed by atoms with Gasteiger partial charge in [-0.15, -0.1) is 0 Å². The molecule has 0 unspecified atom stereocenters. The number of nitrogens with zero attached hydrogens (tertiary/aromatic N) is 5. The number of pyridine rings is 1. The van der Waals surface area contributed by atoms with E-state index < -0.39 is 0 Å². The second kappa shape index (κ2) is 7.71. The maximum absolute atomic E-state index is 12.3. The molecule has 4 aromatic rings. The Morgan fingerprint density at radius 3 is 2.41 bits per heavy atom.